The Kier molecular flexibility index (Phi) is 3.10. The summed E-state index contributed by atoms with van der Waals surface area (Å²) in [7, 11) is -8.41. The van der Waals surface area contributed by atoms with Gasteiger partial charge in [-0.1, -0.05) is 6.07 Å². The first-order valence-electron chi connectivity index (χ1n) is 3.71. The second kappa shape index (κ2) is 3.74. The third-order valence-corrected chi connectivity index (χ3v) is 3.64. The topological polar surface area (TPSA) is 115 Å². The summed E-state index contributed by atoms with van der Waals surface area (Å²) in [5.74, 6) is 0. The fourth-order valence-electron chi connectivity index (χ4n) is 1.03. The number of hydrogen-bond donors (Lipinski definition) is 4. The van der Waals surface area contributed by atoms with Crippen molar-refractivity contribution in [2.45, 2.75) is 16.7 Å². The molecule has 6 nitrogen and oxygen atoms in total. The summed E-state index contributed by atoms with van der Waals surface area (Å²) in [6, 6.07) is 3.24. The molecule has 0 heterocycles. The normalized spacial score (nSPS) is 13.9. The Morgan fingerprint density at radius 3 is 2.00 bits per heavy atom. The third kappa shape index (κ3) is 2.91. The van der Waals surface area contributed by atoms with Gasteiger partial charge in [-0.2, -0.15) is 8.42 Å². The van der Waals surface area contributed by atoms with Crippen LogP contribution in [0.25, 0.3) is 0 Å². The maximum absolute atomic E-state index is 10.9. The molecule has 0 aromatic heterocycles. The van der Waals surface area contributed by atoms with Gasteiger partial charge in [0.25, 0.3) is 10.1 Å². The molecule has 0 aliphatic rings. The highest BCUT2D eigenvalue weighted by molar-refractivity contribution is 8.19. The number of hydrogen-bond acceptors (Lipinski definition) is 5. The molecule has 0 atom stereocenters. The van der Waals surface area contributed by atoms with Crippen LogP contribution in [0.4, 0.5) is 0 Å². The molecule has 8 heteroatoms. The van der Waals surface area contributed by atoms with Crippen LogP contribution in [0, 0.1) is 6.92 Å². The average molecular weight is 254 g/mol. The summed E-state index contributed by atoms with van der Waals surface area (Å²) >= 11 is 0. The highest BCUT2D eigenvalue weighted by atomic mass is 32.3. The predicted octanol–water partition coefficient (Wildman–Crippen LogP) is 1.82. The maximum Gasteiger partial charge on any atom is 0.294 e. The quantitative estimate of drug-likeness (QED) is 0.598. The van der Waals surface area contributed by atoms with Crippen LogP contribution in [-0.2, 0) is 10.1 Å². The Morgan fingerprint density at radius 2 is 1.60 bits per heavy atom. The molecule has 0 unspecified atom stereocenters. The molecular weight excluding hydrogens is 244 g/mol. The lowest BCUT2D eigenvalue weighted by Gasteiger charge is -2.19. The molecule has 0 bridgehead atoms. The number of aryl methyl sites for hydroxylation is 1. The van der Waals surface area contributed by atoms with Crippen LogP contribution in [0.5, 0.6) is 0 Å². The fourth-order valence-corrected chi connectivity index (χ4v) is 2.38. The van der Waals surface area contributed by atoms with Crippen molar-refractivity contribution in [1.82, 2.24) is 0 Å². The van der Waals surface area contributed by atoms with Crippen LogP contribution < -0.4 is 0 Å². The number of benzene rings is 1. The van der Waals surface area contributed by atoms with E-state index in [1.165, 1.54) is 19.1 Å². The van der Waals surface area contributed by atoms with E-state index >= 15 is 0 Å². The van der Waals surface area contributed by atoms with Gasteiger partial charge in [0.2, 0.25) is 0 Å². The molecule has 0 spiro atoms. The van der Waals surface area contributed by atoms with Gasteiger partial charge >= 0.3 is 0 Å². The Morgan fingerprint density at radius 1 is 1.07 bits per heavy atom. The SMILES string of the molecule is Cc1ccc(S(O)(O)O)cc1S(=O)(=O)O. The monoisotopic (exact) mass is 254 g/mol. The van der Waals surface area contributed by atoms with Crippen LogP contribution >= 0.6 is 10.9 Å². The molecule has 86 valence electrons. The number of rotatable bonds is 2. The standard InChI is InChI=1S/C7H10O6S2/c1-5-2-3-6(14(8,9)10)4-7(5)15(11,12)13/h2-4,8-10H,1H3,(H,11,12,13). The molecule has 0 fully saturated rings. The van der Waals surface area contributed by atoms with Crippen molar-refractivity contribution in [3.8, 4) is 0 Å². The molecule has 0 aliphatic heterocycles. The average Bonchev–Trinajstić information content (AvgIpc) is 2.00. The lowest BCUT2D eigenvalue weighted by atomic mass is 10.2. The highest BCUT2D eigenvalue weighted by Crippen LogP contribution is 2.44. The van der Waals surface area contributed by atoms with Gasteiger partial charge in [0.15, 0.2) is 0 Å². The molecule has 0 radical (unpaired) electrons. The van der Waals surface area contributed by atoms with Gasteiger partial charge in [-0.05, 0) is 24.6 Å². The predicted molar refractivity (Wildman–Crippen MR) is 54.7 cm³/mol. The van der Waals surface area contributed by atoms with E-state index in [1.807, 2.05) is 0 Å². The summed E-state index contributed by atoms with van der Waals surface area (Å²) in [4.78, 5) is -0.824. The van der Waals surface area contributed by atoms with Crippen LogP contribution in [0.3, 0.4) is 0 Å². The lowest BCUT2D eigenvalue weighted by molar-refractivity contribution is 0.375. The van der Waals surface area contributed by atoms with Crippen molar-refractivity contribution >= 4 is 21.0 Å². The summed E-state index contributed by atoms with van der Waals surface area (Å²) in [6.45, 7) is 1.43. The van der Waals surface area contributed by atoms with E-state index in [-0.39, 0.29) is 10.5 Å². The zero-order chi connectivity index (χ0) is 11.9. The van der Waals surface area contributed by atoms with Crippen LogP contribution in [0.1, 0.15) is 5.56 Å². The Hall–Kier alpha value is -0.640. The molecule has 0 aliphatic carbocycles. The van der Waals surface area contributed by atoms with Crippen molar-refractivity contribution in [1.29, 1.82) is 0 Å². The summed E-state index contributed by atoms with van der Waals surface area (Å²) < 4.78 is 57.2. The van der Waals surface area contributed by atoms with Gasteiger partial charge in [0.1, 0.15) is 10.9 Å². The smallest absolute Gasteiger partial charge is 0.294 e. The van der Waals surface area contributed by atoms with E-state index in [2.05, 4.69) is 0 Å². The van der Waals surface area contributed by atoms with Crippen molar-refractivity contribution in [3.05, 3.63) is 23.8 Å². The van der Waals surface area contributed by atoms with Gasteiger partial charge in [-0.3, -0.25) is 4.55 Å². The van der Waals surface area contributed by atoms with Crippen molar-refractivity contribution < 1.29 is 26.6 Å². The second-order valence-corrected chi connectivity index (χ2v) is 5.82. The first-order valence-corrected chi connectivity index (χ1v) is 6.65. The Bertz CT molecular complexity index is 473. The molecular formula is C7H10O6S2. The minimum absolute atomic E-state index is 0.241. The molecule has 1 aromatic rings. The van der Waals surface area contributed by atoms with E-state index in [4.69, 9.17) is 18.2 Å². The minimum Gasteiger partial charge on any atom is -0.304 e. The van der Waals surface area contributed by atoms with Gasteiger partial charge in [-0.15, -0.1) is 0 Å². The molecule has 0 saturated heterocycles. The molecule has 15 heavy (non-hydrogen) atoms. The summed E-state index contributed by atoms with van der Waals surface area (Å²) in [5, 5.41) is 0. The Labute approximate surface area is 88.5 Å². The summed E-state index contributed by atoms with van der Waals surface area (Å²) in [5.41, 5.74) is 0.241. The van der Waals surface area contributed by atoms with Crippen LogP contribution in [0.15, 0.2) is 28.0 Å². The van der Waals surface area contributed by atoms with Gasteiger partial charge in [0.05, 0.1) is 9.79 Å². The van der Waals surface area contributed by atoms with Gasteiger partial charge in [0, 0.05) is 0 Å². The molecule has 0 amide bonds. The molecule has 1 rings (SSSR count). The third-order valence-electron chi connectivity index (χ3n) is 1.75. The first kappa shape index (κ1) is 12.4. The maximum atomic E-state index is 10.9. The van der Waals surface area contributed by atoms with Gasteiger partial charge < -0.3 is 13.7 Å². The van der Waals surface area contributed by atoms with Crippen molar-refractivity contribution in [2.75, 3.05) is 0 Å². The van der Waals surface area contributed by atoms with Gasteiger partial charge in [-0.25, -0.2) is 0 Å². The van der Waals surface area contributed by atoms with E-state index in [9.17, 15) is 8.42 Å². The minimum atomic E-state index is -4.44. The second-order valence-electron chi connectivity index (χ2n) is 2.92. The van der Waals surface area contributed by atoms with E-state index in [1.54, 1.807) is 0 Å². The molecule has 1 aromatic carbocycles. The largest absolute Gasteiger partial charge is 0.304 e. The Balaban J connectivity index is 3.43. The molecule has 0 saturated carbocycles. The van der Waals surface area contributed by atoms with Crippen LogP contribution in [-0.4, -0.2) is 26.6 Å². The summed E-state index contributed by atoms with van der Waals surface area (Å²) in [6.07, 6.45) is 0. The van der Waals surface area contributed by atoms with E-state index in [0.717, 1.165) is 6.07 Å². The van der Waals surface area contributed by atoms with E-state index in [0.29, 0.717) is 0 Å². The van der Waals surface area contributed by atoms with E-state index < -0.39 is 25.9 Å². The zero-order valence-corrected chi connectivity index (χ0v) is 9.29. The van der Waals surface area contributed by atoms with Crippen LogP contribution in [0.2, 0.25) is 0 Å². The van der Waals surface area contributed by atoms with Crippen molar-refractivity contribution in [3.63, 3.8) is 0 Å². The zero-order valence-electron chi connectivity index (χ0n) is 7.65. The first-order chi connectivity index (χ1) is 6.62. The lowest BCUT2D eigenvalue weighted by Crippen LogP contribution is -2.03. The van der Waals surface area contributed by atoms with Crippen molar-refractivity contribution in [2.24, 2.45) is 0 Å². The molecule has 4 N–H and O–H groups in total. The highest BCUT2D eigenvalue weighted by Gasteiger charge is 2.20. The fraction of sp³-hybridized carbons (Fsp3) is 0.143.